The van der Waals surface area contributed by atoms with Gasteiger partial charge in [0.25, 0.3) is 0 Å². The van der Waals surface area contributed by atoms with Crippen LogP contribution in [-0.2, 0) is 4.79 Å². The first kappa shape index (κ1) is 14.3. The van der Waals surface area contributed by atoms with E-state index >= 15 is 0 Å². The normalized spacial score (nSPS) is 12.3. The van der Waals surface area contributed by atoms with Crippen molar-refractivity contribution in [2.24, 2.45) is 0 Å². The van der Waals surface area contributed by atoms with Gasteiger partial charge in [-0.05, 0) is 26.1 Å². The third-order valence-electron chi connectivity index (χ3n) is 2.24. The molecule has 18 heavy (non-hydrogen) atoms. The van der Waals surface area contributed by atoms with Crippen molar-refractivity contribution in [1.29, 1.82) is 0 Å². The zero-order valence-electron chi connectivity index (χ0n) is 9.84. The number of ether oxygens (including phenoxy) is 1. The van der Waals surface area contributed by atoms with Crippen LogP contribution in [0, 0.1) is 5.82 Å². The van der Waals surface area contributed by atoms with Gasteiger partial charge in [0.15, 0.2) is 11.6 Å². The molecule has 0 bridgehead atoms. The summed E-state index contributed by atoms with van der Waals surface area (Å²) in [4.78, 5) is 11.5. The molecule has 0 heterocycles. The zero-order chi connectivity index (χ0) is 13.7. The highest BCUT2D eigenvalue weighted by atomic mass is 19.3. The number of rotatable bonds is 5. The minimum absolute atomic E-state index is 0.168. The molecule has 1 aromatic carbocycles. The van der Waals surface area contributed by atoms with Gasteiger partial charge >= 0.3 is 6.61 Å². The second-order valence-electron chi connectivity index (χ2n) is 3.52. The minimum atomic E-state index is -3.09. The van der Waals surface area contributed by atoms with Gasteiger partial charge in [0, 0.05) is 11.8 Å². The molecule has 0 radical (unpaired) electrons. The number of alkyl halides is 2. The van der Waals surface area contributed by atoms with Crippen LogP contribution in [0.15, 0.2) is 18.2 Å². The molecule has 0 spiro atoms. The Morgan fingerprint density at radius 1 is 1.39 bits per heavy atom. The number of likely N-dealkylation sites (N-methyl/N-ethyl adjacent to an activating group) is 1. The van der Waals surface area contributed by atoms with Gasteiger partial charge in [-0.15, -0.1) is 0 Å². The molecule has 1 aromatic rings. The van der Waals surface area contributed by atoms with E-state index in [9.17, 15) is 18.0 Å². The smallest absolute Gasteiger partial charge is 0.387 e. The van der Waals surface area contributed by atoms with E-state index in [1.807, 2.05) is 0 Å². The largest absolute Gasteiger partial charge is 0.432 e. The Labute approximate surface area is 102 Å². The molecule has 0 fully saturated rings. The molecule has 7 heteroatoms. The molecule has 0 aliphatic rings. The molecule has 4 nitrogen and oxygen atoms in total. The predicted octanol–water partition coefficient (Wildman–Crippen LogP) is 1.97. The van der Waals surface area contributed by atoms with Gasteiger partial charge in [0.05, 0.1) is 6.04 Å². The lowest BCUT2D eigenvalue weighted by atomic mass is 10.2. The fourth-order valence-corrected chi connectivity index (χ4v) is 1.15. The fraction of sp³-hybridized carbons (Fsp3) is 0.364. The van der Waals surface area contributed by atoms with E-state index in [0.29, 0.717) is 0 Å². The van der Waals surface area contributed by atoms with Crippen LogP contribution < -0.4 is 15.4 Å². The third-order valence-corrected chi connectivity index (χ3v) is 2.24. The first-order chi connectivity index (χ1) is 8.43. The summed E-state index contributed by atoms with van der Waals surface area (Å²) in [6.45, 7) is -1.47. The van der Waals surface area contributed by atoms with Gasteiger partial charge in [-0.25, -0.2) is 4.39 Å². The number of hydrogen-bond acceptors (Lipinski definition) is 3. The fourth-order valence-electron chi connectivity index (χ4n) is 1.15. The van der Waals surface area contributed by atoms with Crippen LogP contribution in [-0.4, -0.2) is 25.6 Å². The number of carbonyl (C=O) groups is 1. The number of benzene rings is 1. The van der Waals surface area contributed by atoms with Crippen molar-refractivity contribution in [3.05, 3.63) is 24.0 Å². The Morgan fingerprint density at radius 2 is 2.06 bits per heavy atom. The number of amides is 1. The minimum Gasteiger partial charge on any atom is -0.432 e. The van der Waals surface area contributed by atoms with Gasteiger partial charge in [-0.3, -0.25) is 4.79 Å². The number of carbonyl (C=O) groups excluding carboxylic acids is 1. The molecule has 0 saturated carbocycles. The summed E-state index contributed by atoms with van der Waals surface area (Å²) in [5.74, 6) is -1.89. The van der Waals surface area contributed by atoms with Gasteiger partial charge in [0.1, 0.15) is 0 Å². The number of hydrogen-bond donors (Lipinski definition) is 2. The summed E-state index contributed by atoms with van der Waals surface area (Å²) < 4.78 is 41.1. The number of anilines is 1. The summed E-state index contributed by atoms with van der Waals surface area (Å²) in [5.41, 5.74) is 0.168. The van der Waals surface area contributed by atoms with Crippen molar-refractivity contribution in [2.75, 3.05) is 12.4 Å². The molecule has 0 saturated heterocycles. The van der Waals surface area contributed by atoms with Crippen LogP contribution >= 0.6 is 0 Å². The monoisotopic (exact) mass is 262 g/mol. The van der Waals surface area contributed by atoms with Crippen molar-refractivity contribution in [2.45, 2.75) is 19.6 Å². The second-order valence-corrected chi connectivity index (χ2v) is 3.52. The van der Waals surface area contributed by atoms with Crippen molar-refractivity contribution in [3.8, 4) is 5.75 Å². The highest BCUT2D eigenvalue weighted by Crippen LogP contribution is 2.22. The van der Waals surface area contributed by atoms with E-state index in [2.05, 4.69) is 15.4 Å². The summed E-state index contributed by atoms with van der Waals surface area (Å²) in [5, 5.41) is 5.14. The lowest BCUT2D eigenvalue weighted by Crippen LogP contribution is -2.35. The average Bonchev–Trinajstić information content (AvgIpc) is 2.31. The van der Waals surface area contributed by atoms with E-state index < -0.39 is 24.2 Å². The maximum atomic E-state index is 13.3. The van der Waals surface area contributed by atoms with Crippen molar-refractivity contribution in [1.82, 2.24) is 5.32 Å². The Morgan fingerprint density at radius 3 is 2.56 bits per heavy atom. The molecule has 1 rings (SSSR count). The SMILES string of the molecule is CNC(C)C(=O)Nc1ccc(OC(F)F)c(F)c1. The highest BCUT2D eigenvalue weighted by Gasteiger charge is 2.13. The Kier molecular flexibility index (Phi) is 4.96. The Hall–Kier alpha value is -1.76. The first-order valence-corrected chi connectivity index (χ1v) is 5.16. The number of nitrogens with one attached hydrogen (secondary N) is 2. The van der Waals surface area contributed by atoms with Crippen molar-refractivity contribution >= 4 is 11.6 Å². The van der Waals surface area contributed by atoms with Crippen LogP contribution in [0.2, 0.25) is 0 Å². The molecular formula is C11H13F3N2O2. The summed E-state index contributed by atoms with van der Waals surface area (Å²) in [6.07, 6.45) is 0. The van der Waals surface area contributed by atoms with Gasteiger partial charge in [0.2, 0.25) is 5.91 Å². The van der Waals surface area contributed by atoms with Crippen molar-refractivity contribution < 1.29 is 22.7 Å². The van der Waals surface area contributed by atoms with Crippen LogP contribution in [0.5, 0.6) is 5.75 Å². The molecule has 1 atom stereocenters. The molecule has 1 amide bonds. The van der Waals surface area contributed by atoms with E-state index in [4.69, 9.17) is 0 Å². The molecule has 100 valence electrons. The van der Waals surface area contributed by atoms with E-state index in [0.717, 1.165) is 12.1 Å². The molecule has 0 aliphatic carbocycles. The highest BCUT2D eigenvalue weighted by molar-refractivity contribution is 5.94. The summed E-state index contributed by atoms with van der Waals surface area (Å²) in [6, 6.07) is 2.77. The number of halogens is 3. The standard InChI is InChI=1S/C11H13F3N2O2/c1-6(15-2)10(17)16-7-3-4-9(8(12)5-7)18-11(13)14/h3-6,11,15H,1-2H3,(H,16,17). The van der Waals surface area contributed by atoms with Crippen LogP contribution in [0.3, 0.4) is 0 Å². The van der Waals surface area contributed by atoms with E-state index in [1.165, 1.54) is 6.07 Å². The zero-order valence-corrected chi connectivity index (χ0v) is 9.84. The topological polar surface area (TPSA) is 50.4 Å². The summed E-state index contributed by atoms with van der Waals surface area (Å²) >= 11 is 0. The molecular weight excluding hydrogens is 249 g/mol. The molecule has 2 N–H and O–H groups in total. The van der Waals surface area contributed by atoms with Gasteiger partial charge in [-0.1, -0.05) is 0 Å². The Balaban J connectivity index is 2.75. The Bertz CT molecular complexity index is 427. The van der Waals surface area contributed by atoms with Gasteiger partial charge < -0.3 is 15.4 Å². The maximum absolute atomic E-state index is 13.3. The quantitative estimate of drug-likeness (QED) is 0.853. The van der Waals surface area contributed by atoms with E-state index in [1.54, 1.807) is 14.0 Å². The van der Waals surface area contributed by atoms with Crippen LogP contribution in [0.1, 0.15) is 6.92 Å². The first-order valence-electron chi connectivity index (χ1n) is 5.16. The predicted molar refractivity (Wildman–Crippen MR) is 60.2 cm³/mol. The lowest BCUT2D eigenvalue weighted by molar-refractivity contribution is -0.117. The van der Waals surface area contributed by atoms with Crippen molar-refractivity contribution in [3.63, 3.8) is 0 Å². The molecule has 0 aliphatic heterocycles. The third kappa shape index (κ3) is 3.92. The van der Waals surface area contributed by atoms with Crippen LogP contribution in [0.4, 0.5) is 18.9 Å². The molecule has 0 aromatic heterocycles. The van der Waals surface area contributed by atoms with Crippen LogP contribution in [0.25, 0.3) is 0 Å². The second kappa shape index (κ2) is 6.25. The average molecular weight is 262 g/mol. The van der Waals surface area contributed by atoms with Gasteiger partial charge in [-0.2, -0.15) is 8.78 Å². The maximum Gasteiger partial charge on any atom is 0.387 e. The van der Waals surface area contributed by atoms with E-state index in [-0.39, 0.29) is 11.6 Å². The summed E-state index contributed by atoms with van der Waals surface area (Å²) in [7, 11) is 1.60. The lowest BCUT2D eigenvalue weighted by Gasteiger charge is -2.12. The molecule has 1 unspecified atom stereocenters.